The largest absolute Gasteiger partial charge is 0.505 e. The van der Waals surface area contributed by atoms with Crippen LogP contribution in [-0.4, -0.2) is 25.9 Å². The summed E-state index contributed by atoms with van der Waals surface area (Å²) in [4.78, 5) is 11.3. The monoisotopic (exact) mass is 453 g/mol. The van der Waals surface area contributed by atoms with Gasteiger partial charge in [-0.05, 0) is 78.8 Å². The van der Waals surface area contributed by atoms with E-state index in [0.29, 0.717) is 16.8 Å². The first kappa shape index (κ1) is 21.5. The number of para-hydroxylation sites is 1. The Labute approximate surface area is 196 Å². The summed E-state index contributed by atoms with van der Waals surface area (Å²) in [5.74, 6) is -1.19. The smallest absolute Gasteiger partial charge is 0.335 e. The zero-order valence-corrected chi connectivity index (χ0v) is 18.6. The fourth-order valence-corrected chi connectivity index (χ4v) is 4.40. The number of carboxylic acids is 1. The van der Waals surface area contributed by atoms with Crippen LogP contribution in [0.4, 0.5) is 11.4 Å². The van der Waals surface area contributed by atoms with E-state index in [2.05, 4.69) is 22.4 Å². The fraction of sp³-hybridized carbons (Fsp3) is 0.148. The number of phenols is 1. The standard InChI is InChI=1S/C27H23N3O4/c1-16-15-30(21-12-11-17-5-2-6-18(17)14-21)26(32)24(16)29-28-23-10-4-9-22(25(23)31)19-7-3-8-20(13-19)27(33)34/h3-4,7-15,31-32H,2,5-6H2,1H3,(H,33,34). The van der Waals surface area contributed by atoms with Crippen LogP contribution in [0, 0.1) is 6.92 Å². The van der Waals surface area contributed by atoms with Crippen LogP contribution < -0.4 is 0 Å². The van der Waals surface area contributed by atoms with Gasteiger partial charge in [0.25, 0.3) is 0 Å². The molecule has 4 aromatic rings. The van der Waals surface area contributed by atoms with E-state index in [1.165, 1.54) is 23.3 Å². The summed E-state index contributed by atoms with van der Waals surface area (Å²) >= 11 is 0. The molecule has 170 valence electrons. The number of carbonyl (C=O) groups is 1. The van der Waals surface area contributed by atoms with E-state index < -0.39 is 5.97 Å². The Balaban J connectivity index is 1.48. The molecule has 0 aliphatic heterocycles. The van der Waals surface area contributed by atoms with Crippen molar-refractivity contribution < 1.29 is 20.1 Å². The molecule has 0 radical (unpaired) electrons. The van der Waals surface area contributed by atoms with Crippen molar-refractivity contribution in [3.63, 3.8) is 0 Å². The second kappa shape index (κ2) is 8.51. The average molecular weight is 453 g/mol. The summed E-state index contributed by atoms with van der Waals surface area (Å²) in [7, 11) is 0. The SMILES string of the molecule is Cc1cn(-c2ccc3c(c2)CCC3)c(O)c1N=Nc1cccc(-c2cccc(C(=O)O)c2)c1O. The van der Waals surface area contributed by atoms with Crippen LogP contribution in [0.5, 0.6) is 11.6 Å². The van der Waals surface area contributed by atoms with Crippen LogP contribution in [0.15, 0.2) is 77.1 Å². The molecule has 0 fully saturated rings. The number of azo groups is 1. The molecule has 0 atom stereocenters. The highest BCUT2D eigenvalue weighted by atomic mass is 16.4. The highest BCUT2D eigenvalue weighted by molar-refractivity contribution is 5.90. The maximum atomic E-state index is 11.3. The topological polar surface area (TPSA) is 107 Å². The number of hydrogen-bond acceptors (Lipinski definition) is 5. The maximum absolute atomic E-state index is 11.3. The lowest BCUT2D eigenvalue weighted by atomic mass is 10.0. The van der Waals surface area contributed by atoms with Crippen molar-refractivity contribution in [2.75, 3.05) is 0 Å². The third-order valence-corrected chi connectivity index (χ3v) is 6.19. The van der Waals surface area contributed by atoms with Crippen molar-refractivity contribution in [1.82, 2.24) is 4.57 Å². The van der Waals surface area contributed by atoms with Gasteiger partial charge in [-0.2, -0.15) is 0 Å². The van der Waals surface area contributed by atoms with Crippen molar-refractivity contribution in [2.24, 2.45) is 10.2 Å². The van der Waals surface area contributed by atoms with Gasteiger partial charge in [0, 0.05) is 17.4 Å². The van der Waals surface area contributed by atoms with Crippen molar-refractivity contribution in [3.8, 4) is 28.4 Å². The third-order valence-electron chi connectivity index (χ3n) is 6.19. The van der Waals surface area contributed by atoms with Crippen molar-refractivity contribution in [3.05, 3.63) is 89.1 Å². The minimum atomic E-state index is -1.05. The van der Waals surface area contributed by atoms with Gasteiger partial charge in [0.15, 0.2) is 11.4 Å². The molecule has 1 heterocycles. The van der Waals surface area contributed by atoms with Gasteiger partial charge < -0.3 is 15.3 Å². The fourth-order valence-electron chi connectivity index (χ4n) is 4.40. The number of benzene rings is 3. The zero-order chi connectivity index (χ0) is 23.8. The van der Waals surface area contributed by atoms with Crippen LogP contribution in [0.3, 0.4) is 0 Å². The van der Waals surface area contributed by atoms with Gasteiger partial charge in [0.2, 0.25) is 5.88 Å². The number of fused-ring (bicyclic) bond motifs is 1. The number of hydrogen-bond donors (Lipinski definition) is 3. The molecular weight excluding hydrogens is 430 g/mol. The van der Waals surface area contributed by atoms with Gasteiger partial charge >= 0.3 is 5.97 Å². The van der Waals surface area contributed by atoms with Crippen molar-refractivity contribution in [1.29, 1.82) is 0 Å². The Hall–Kier alpha value is -4.39. The van der Waals surface area contributed by atoms with Crippen molar-refractivity contribution in [2.45, 2.75) is 26.2 Å². The first-order valence-electron chi connectivity index (χ1n) is 11.0. The highest BCUT2D eigenvalue weighted by Crippen LogP contribution is 2.40. The lowest BCUT2D eigenvalue weighted by Gasteiger charge is -2.08. The predicted molar refractivity (Wildman–Crippen MR) is 129 cm³/mol. The van der Waals surface area contributed by atoms with Gasteiger partial charge in [0.1, 0.15) is 5.69 Å². The van der Waals surface area contributed by atoms with Gasteiger partial charge in [-0.3, -0.25) is 4.57 Å². The third kappa shape index (κ3) is 3.81. The second-order valence-corrected chi connectivity index (χ2v) is 8.42. The molecular formula is C27H23N3O4. The number of phenolic OH excluding ortho intramolecular Hbond substituents is 1. The Morgan fingerprint density at radius 3 is 2.56 bits per heavy atom. The molecule has 0 unspecified atom stereocenters. The number of nitrogens with zero attached hydrogens (tertiary/aromatic N) is 3. The van der Waals surface area contributed by atoms with E-state index in [0.717, 1.165) is 30.5 Å². The number of aryl methyl sites for hydroxylation is 3. The summed E-state index contributed by atoms with van der Waals surface area (Å²) in [6.45, 7) is 1.84. The summed E-state index contributed by atoms with van der Waals surface area (Å²) in [6, 6.07) is 17.5. The van der Waals surface area contributed by atoms with E-state index in [4.69, 9.17) is 0 Å². The van der Waals surface area contributed by atoms with Crippen LogP contribution in [0.1, 0.15) is 33.5 Å². The van der Waals surface area contributed by atoms with E-state index in [1.54, 1.807) is 34.9 Å². The Kier molecular flexibility index (Phi) is 5.37. The lowest BCUT2D eigenvalue weighted by molar-refractivity contribution is 0.0697. The number of rotatable bonds is 5. The van der Waals surface area contributed by atoms with Crippen LogP contribution in [0.2, 0.25) is 0 Å². The molecule has 5 rings (SSSR count). The Bertz CT molecular complexity index is 1450. The number of aromatic hydroxyl groups is 2. The minimum Gasteiger partial charge on any atom is -0.505 e. The van der Waals surface area contributed by atoms with E-state index in [-0.39, 0.29) is 22.9 Å². The molecule has 0 amide bonds. The normalized spacial score (nSPS) is 12.9. The molecule has 1 aliphatic rings. The Morgan fingerprint density at radius 2 is 1.74 bits per heavy atom. The first-order valence-corrected chi connectivity index (χ1v) is 11.0. The first-order chi connectivity index (χ1) is 16.4. The molecule has 1 aromatic heterocycles. The van der Waals surface area contributed by atoms with Crippen molar-refractivity contribution >= 4 is 17.3 Å². The quantitative estimate of drug-likeness (QED) is 0.301. The molecule has 1 aliphatic carbocycles. The van der Waals surface area contributed by atoms with Gasteiger partial charge in [0.05, 0.1) is 5.56 Å². The van der Waals surface area contributed by atoms with Crippen LogP contribution >= 0.6 is 0 Å². The minimum absolute atomic E-state index is 0.0241. The molecule has 7 heteroatoms. The highest BCUT2D eigenvalue weighted by Gasteiger charge is 2.17. The number of carboxylic acid groups (broad SMARTS) is 1. The lowest BCUT2D eigenvalue weighted by Crippen LogP contribution is -1.95. The van der Waals surface area contributed by atoms with Crippen LogP contribution in [-0.2, 0) is 12.8 Å². The number of aromatic carboxylic acids is 1. The molecule has 0 saturated carbocycles. The Morgan fingerprint density at radius 1 is 0.941 bits per heavy atom. The molecule has 7 nitrogen and oxygen atoms in total. The molecule has 34 heavy (non-hydrogen) atoms. The zero-order valence-electron chi connectivity index (χ0n) is 18.6. The maximum Gasteiger partial charge on any atom is 0.335 e. The predicted octanol–water partition coefficient (Wildman–Crippen LogP) is 6.47. The average Bonchev–Trinajstić information content (AvgIpc) is 3.42. The van der Waals surface area contributed by atoms with E-state index >= 15 is 0 Å². The number of aromatic nitrogens is 1. The summed E-state index contributed by atoms with van der Waals surface area (Å²) in [5, 5.41) is 39.3. The molecule has 0 saturated heterocycles. The van der Waals surface area contributed by atoms with Gasteiger partial charge in [-0.1, -0.05) is 30.3 Å². The van der Waals surface area contributed by atoms with Gasteiger partial charge in [-0.25, -0.2) is 4.79 Å². The van der Waals surface area contributed by atoms with E-state index in [1.807, 2.05) is 19.2 Å². The summed E-state index contributed by atoms with van der Waals surface area (Å²) in [6.07, 6.45) is 5.10. The summed E-state index contributed by atoms with van der Waals surface area (Å²) < 4.78 is 1.69. The van der Waals surface area contributed by atoms with Crippen LogP contribution in [0.25, 0.3) is 16.8 Å². The summed E-state index contributed by atoms with van der Waals surface area (Å²) in [5.41, 5.74) is 5.92. The van der Waals surface area contributed by atoms with E-state index in [9.17, 15) is 20.1 Å². The molecule has 3 aromatic carbocycles. The second-order valence-electron chi connectivity index (χ2n) is 8.42. The molecule has 3 N–H and O–H groups in total. The molecule has 0 spiro atoms. The molecule has 0 bridgehead atoms. The van der Waals surface area contributed by atoms with Gasteiger partial charge in [-0.15, -0.1) is 10.2 Å².